The predicted octanol–water partition coefficient (Wildman–Crippen LogP) is -0.452. The van der Waals surface area contributed by atoms with Crippen LogP contribution in [-0.4, -0.2) is 44.5 Å². The molecule has 5 nitrogen and oxygen atoms in total. The first-order valence-corrected chi connectivity index (χ1v) is 4.88. The van der Waals surface area contributed by atoms with Gasteiger partial charge in [0.25, 0.3) is 0 Å². The third-order valence-corrected chi connectivity index (χ3v) is 2.84. The molecule has 0 radical (unpaired) electrons. The average molecular weight is 196 g/mol. The highest BCUT2D eigenvalue weighted by atomic mass is 16.3. The fraction of sp³-hybridized carbons (Fsp3) is 0.778. The zero-order valence-corrected chi connectivity index (χ0v) is 8.64. The van der Waals surface area contributed by atoms with Gasteiger partial charge in [0.1, 0.15) is 11.6 Å². The smallest absolute Gasteiger partial charge is 0.146 e. The Hall–Kier alpha value is -0.940. The molecule has 1 aliphatic rings. The third kappa shape index (κ3) is 1.65. The second kappa shape index (κ2) is 3.67. The molecule has 1 aromatic heterocycles. The Morgan fingerprint density at radius 1 is 1.43 bits per heavy atom. The molecule has 14 heavy (non-hydrogen) atoms. The van der Waals surface area contributed by atoms with Crippen LogP contribution in [0.1, 0.15) is 11.6 Å². The van der Waals surface area contributed by atoms with Gasteiger partial charge >= 0.3 is 0 Å². The van der Waals surface area contributed by atoms with Crippen molar-refractivity contribution in [2.45, 2.75) is 13.5 Å². The molecule has 2 rings (SSSR count). The van der Waals surface area contributed by atoms with Gasteiger partial charge in [0.05, 0.1) is 6.54 Å². The molecule has 0 spiro atoms. The Morgan fingerprint density at radius 3 is 2.64 bits per heavy atom. The van der Waals surface area contributed by atoms with Crippen LogP contribution in [0, 0.1) is 12.8 Å². The van der Waals surface area contributed by atoms with E-state index in [2.05, 4.69) is 15.1 Å². The van der Waals surface area contributed by atoms with Crippen molar-refractivity contribution < 1.29 is 5.11 Å². The Balaban J connectivity index is 1.90. The minimum absolute atomic E-state index is 0.300. The van der Waals surface area contributed by atoms with Crippen LogP contribution in [-0.2, 0) is 13.6 Å². The zero-order valence-electron chi connectivity index (χ0n) is 8.64. The number of aryl methyl sites for hydroxylation is 1. The SMILES string of the molecule is Cc1nnc(CN2CC(CO)C2)n1C. The van der Waals surface area contributed by atoms with E-state index in [0.717, 1.165) is 31.3 Å². The van der Waals surface area contributed by atoms with Crippen LogP contribution in [0.3, 0.4) is 0 Å². The van der Waals surface area contributed by atoms with E-state index >= 15 is 0 Å². The van der Waals surface area contributed by atoms with E-state index in [1.54, 1.807) is 0 Å². The van der Waals surface area contributed by atoms with Crippen molar-refractivity contribution in [1.82, 2.24) is 19.7 Å². The summed E-state index contributed by atoms with van der Waals surface area (Å²) in [6.45, 7) is 5.04. The number of likely N-dealkylation sites (tertiary alicyclic amines) is 1. The van der Waals surface area contributed by atoms with Gasteiger partial charge < -0.3 is 9.67 Å². The summed E-state index contributed by atoms with van der Waals surface area (Å²) in [7, 11) is 1.98. The molecule has 0 aromatic carbocycles. The molecule has 5 heteroatoms. The second-order valence-electron chi connectivity index (χ2n) is 3.97. The van der Waals surface area contributed by atoms with Crippen LogP contribution >= 0.6 is 0 Å². The van der Waals surface area contributed by atoms with Crippen LogP contribution in [0.15, 0.2) is 0 Å². The number of aliphatic hydroxyl groups is 1. The summed E-state index contributed by atoms with van der Waals surface area (Å²) < 4.78 is 2.01. The summed E-state index contributed by atoms with van der Waals surface area (Å²) in [5.41, 5.74) is 0. The van der Waals surface area contributed by atoms with Crippen molar-refractivity contribution in [3.05, 3.63) is 11.6 Å². The second-order valence-corrected chi connectivity index (χ2v) is 3.97. The zero-order chi connectivity index (χ0) is 10.1. The monoisotopic (exact) mass is 196 g/mol. The van der Waals surface area contributed by atoms with Gasteiger partial charge in [0.15, 0.2) is 0 Å². The number of rotatable bonds is 3. The normalized spacial score (nSPS) is 18.5. The lowest BCUT2D eigenvalue weighted by Crippen LogP contribution is -2.47. The largest absolute Gasteiger partial charge is 0.396 e. The first-order chi connectivity index (χ1) is 6.70. The molecule has 0 unspecified atom stereocenters. The highest BCUT2D eigenvalue weighted by molar-refractivity contribution is 4.94. The van der Waals surface area contributed by atoms with E-state index in [1.165, 1.54) is 0 Å². The van der Waals surface area contributed by atoms with Gasteiger partial charge in [0.2, 0.25) is 0 Å². The molecule has 1 aliphatic heterocycles. The molecule has 2 heterocycles. The topological polar surface area (TPSA) is 54.2 Å². The standard InChI is InChI=1S/C9H16N4O/c1-7-10-11-9(12(7)2)5-13-3-8(4-13)6-14/h8,14H,3-6H2,1-2H3. The van der Waals surface area contributed by atoms with E-state index in [-0.39, 0.29) is 0 Å². The van der Waals surface area contributed by atoms with E-state index in [9.17, 15) is 0 Å². The van der Waals surface area contributed by atoms with Crippen LogP contribution in [0.25, 0.3) is 0 Å². The molecular formula is C9H16N4O. The van der Waals surface area contributed by atoms with Crippen LogP contribution in [0.4, 0.5) is 0 Å². The molecule has 0 saturated carbocycles. The van der Waals surface area contributed by atoms with Crippen molar-refractivity contribution in [1.29, 1.82) is 0 Å². The van der Waals surface area contributed by atoms with Gasteiger partial charge in [-0.25, -0.2) is 0 Å². The van der Waals surface area contributed by atoms with Crippen molar-refractivity contribution >= 4 is 0 Å². The number of aromatic nitrogens is 3. The van der Waals surface area contributed by atoms with Gasteiger partial charge in [-0.1, -0.05) is 0 Å². The van der Waals surface area contributed by atoms with Gasteiger partial charge in [-0.2, -0.15) is 0 Å². The maximum atomic E-state index is 8.87. The lowest BCUT2D eigenvalue weighted by molar-refractivity contribution is 0.0452. The minimum atomic E-state index is 0.300. The number of nitrogens with zero attached hydrogens (tertiary/aromatic N) is 4. The van der Waals surface area contributed by atoms with Crippen molar-refractivity contribution in [3.63, 3.8) is 0 Å². The fourth-order valence-electron chi connectivity index (χ4n) is 1.71. The van der Waals surface area contributed by atoms with Crippen LogP contribution in [0.5, 0.6) is 0 Å². The molecule has 0 bridgehead atoms. The maximum absolute atomic E-state index is 8.87. The Bertz CT molecular complexity index is 317. The summed E-state index contributed by atoms with van der Waals surface area (Å²) in [6, 6.07) is 0. The molecule has 0 aliphatic carbocycles. The Labute approximate surface area is 83.4 Å². The molecule has 1 N–H and O–H groups in total. The maximum Gasteiger partial charge on any atom is 0.146 e. The van der Waals surface area contributed by atoms with Crippen molar-refractivity contribution in [3.8, 4) is 0 Å². The van der Waals surface area contributed by atoms with Crippen LogP contribution < -0.4 is 0 Å². The van der Waals surface area contributed by atoms with Crippen molar-refractivity contribution in [2.75, 3.05) is 19.7 Å². The van der Waals surface area contributed by atoms with E-state index in [4.69, 9.17) is 5.11 Å². The van der Waals surface area contributed by atoms with E-state index in [0.29, 0.717) is 12.5 Å². The Morgan fingerprint density at radius 2 is 2.14 bits per heavy atom. The van der Waals surface area contributed by atoms with Crippen molar-refractivity contribution in [2.24, 2.45) is 13.0 Å². The molecule has 1 aromatic rings. The summed E-state index contributed by atoms with van der Waals surface area (Å²) in [5.74, 6) is 2.41. The quantitative estimate of drug-likeness (QED) is 0.711. The predicted molar refractivity (Wildman–Crippen MR) is 51.6 cm³/mol. The molecule has 0 amide bonds. The number of aliphatic hydroxyl groups excluding tert-OH is 1. The highest BCUT2D eigenvalue weighted by Gasteiger charge is 2.26. The average Bonchev–Trinajstić information content (AvgIpc) is 2.41. The summed E-state index contributed by atoms with van der Waals surface area (Å²) in [4.78, 5) is 2.27. The highest BCUT2D eigenvalue weighted by Crippen LogP contribution is 2.16. The summed E-state index contributed by atoms with van der Waals surface area (Å²) in [5, 5.41) is 17.0. The van der Waals surface area contributed by atoms with Gasteiger partial charge in [-0.05, 0) is 6.92 Å². The minimum Gasteiger partial charge on any atom is -0.396 e. The number of hydrogen-bond donors (Lipinski definition) is 1. The number of hydrogen-bond acceptors (Lipinski definition) is 4. The molecule has 0 atom stereocenters. The van der Waals surface area contributed by atoms with Crippen LogP contribution in [0.2, 0.25) is 0 Å². The lowest BCUT2D eigenvalue weighted by atomic mass is 10.0. The third-order valence-electron chi connectivity index (χ3n) is 2.84. The lowest BCUT2D eigenvalue weighted by Gasteiger charge is -2.37. The summed E-state index contributed by atoms with van der Waals surface area (Å²) >= 11 is 0. The Kier molecular flexibility index (Phi) is 2.52. The summed E-state index contributed by atoms with van der Waals surface area (Å²) in [6.07, 6.45) is 0. The van der Waals surface area contributed by atoms with Gasteiger partial charge in [-0.15, -0.1) is 10.2 Å². The fourth-order valence-corrected chi connectivity index (χ4v) is 1.71. The molecule has 1 fully saturated rings. The molecule has 1 saturated heterocycles. The van der Waals surface area contributed by atoms with Gasteiger partial charge in [0, 0.05) is 32.7 Å². The van der Waals surface area contributed by atoms with Gasteiger partial charge in [-0.3, -0.25) is 4.90 Å². The molecule has 78 valence electrons. The first-order valence-electron chi connectivity index (χ1n) is 4.88. The first kappa shape index (κ1) is 9.61. The molecular weight excluding hydrogens is 180 g/mol. The van der Waals surface area contributed by atoms with E-state index in [1.807, 2.05) is 18.5 Å². The van der Waals surface area contributed by atoms with E-state index < -0.39 is 0 Å².